The topological polar surface area (TPSA) is 12.9 Å². The first-order chi connectivity index (χ1) is 13.3. The largest absolute Gasteiger partial charge is 0.248 e. The number of hydrogen-bond acceptors (Lipinski definition) is 1. The van der Waals surface area contributed by atoms with E-state index in [-0.39, 0.29) is 0 Å². The van der Waals surface area contributed by atoms with Gasteiger partial charge in [-0.3, -0.25) is 0 Å². The Bertz CT molecular complexity index is 1270. The second kappa shape index (κ2) is 6.53. The van der Waals surface area contributed by atoms with Gasteiger partial charge in [0.05, 0.1) is 11.2 Å². The molecule has 0 saturated carbocycles. The molecule has 0 radical (unpaired) electrons. The minimum absolute atomic E-state index is 0.722. The summed E-state index contributed by atoms with van der Waals surface area (Å²) in [6.07, 6.45) is 0. The summed E-state index contributed by atoms with van der Waals surface area (Å²) in [5, 5.41) is 4.21. The van der Waals surface area contributed by atoms with Crippen LogP contribution >= 0.6 is 11.6 Å². The van der Waals surface area contributed by atoms with Crippen LogP contribution in [0.3, 0.4) is 0 Å². The second-order valence-corrected chi connectivity index (χ2v) is 7.05. The van der Waals surface area contributed by atoms with Gasteiger partial charge in [-0.2, -0.15) is 0 Å². The van der Waals surface area contributed by atoms with Gasteiger partial charge in [0.2, 0.25) is 0 Å². The van der Waals surface area contributed by atoms with Crippen molar-refractivity contribution >= 4 is 33.3 Å². The summed E-state index contributed by atoms with van der Waals surface area (Å²) in [4.78, 5) is 4.96. The molecule has 0 saturated heterocycles. The maximum Gasteiger partial charge on any atom is 0.0722 e. The van der Waals surface area contributed by atoms with Gasteiger partial charge < -0.3 is 0 Å². The maximum absolute atomic E-state index is 6.29. The highest BCUT2D eigenvalue weighted by Gasteiger charge is 2.12. The van der Waals surface area contributed by atoms with E-state index in [9.17, 15) is 0 Å². The molecule has 128 valence electrons. The molecule has 0 spiro atoms. The van der Waals surface area contributed by atoms with Crippen LogP contribution in [0.1, 0.15) is 0 Å². The van der Waals surface area contributed by atoms with Gasteiger partial charge in [0.25, 0.3) is 0 Å². The molecule has 1 nitrogen and oxygen atoms in total. The van der Waals surface area contributed by atoms with E-state index in [0.29, 0.717) is 0 Å². The van der Waals surface area contributed by atoms with Gasteiger partial charge in [0.15, 0.2) is 0 Å². The summed E-state index contributed by atoms with van der Waals surface area (Å²) in [7, 11) is 0. The summed E-state index contributed by atoms with van der Waals surface area (Å²) in [5.74, 6) is 0. The van der Waals surface area contributed by atoms with Gasteiger partial charge in [-0.25, -0.2) is 4.98 Å². The molecule has 1 aromatic heterocycles. The summed E-state index contributed by atoms with van der Waals surface area (Å²) in [5.41, 5.74) is 5.37. The molecule has 0 aliphatic carbocycles. The number of nitrogens with zero attached hydrogens (tertiary/aromatic N) is 1. The van der Waals surface area contributed by atoms with Crippen molar-refractivity contribution in [3.05, 3.63) is 102 Å². The van der Waals surface area contributed by atoms with Crippen LogP contribution < -0.4 is 0 Å². The van der Waals surface area contributed by atoms with E-state index >= 15 is 0 Å². The van der Waals surface area contributed by atoms with Crippen molar-refractivity contribution in [1.29, 1.82) is 0 Å². The number of aromatic nitrogens is 1. The average molecular weight is 366 g/mol. The quantitative estimate of drug-likeness (QED) is 0.318. The molecule has 0 aliphatic heterocycles. The molecule has 0 amide bonds. The monoisotopic (exact) mass is 365 g/mol. The van der Waals surface area contributed by atoms with Crippen LogP contribution in [-0.2, 0) is 0 Å². The second-order valence-electron chi connectivity index (χ2n) is 6.61. The summed E-state index contributed by atoms with van der Waals surface area (Å²) in [6.45, 7) is 0. The van der Waals surface area contributed by atoms with Gasteiger partial charge in [-0.05, 0) is 46.2 Å². The van der Waals surface area contributed by atoms with E-state index in [1.54, 1.807) is 0 Å². The van der Waals surface area contributed by atoms with Crippen molar-refractivity contribution < 1.29 is 0 Å². The predicted molar refractivity (Wildman–Crippen MR) is 115 cm³/mol. The average Bonchev–Trinajstić information content (AvgIpc) is 2.73. The zero-order valence-electron chi connectivity index (χ0n) is 14.6. The molecule has 5 rings (SSSR count). The fourth-order valence-corrected chi connectivity index (χ4v) is 3.81. The third kappa shape index (κ3) is 2.87. The first-order valence-corrected chi connectivity index (χ1v) is 9.31. The van der Waals surface area contributed by atoms with Gasteiger partial charge >= 0.3 is 0 Å². The number of benzene rings is 4. The van der Waals surface area contributed by atoms with E-state index < -0.39 is 0 Å². The lowest BCUT2D eigenvalue weighted by molar-refractivity contribution is 1.41. The molecule has 0 fully saturated rings. The third-order valence-electron chi connectivity index (χ3n) is 4.92. The molecule has 1 heterocycles. The first kappa shape index (κ1) is 16.0. The van der Waals surface area contributed by atoms with E-state index in [4.69, 9.17) is 16.6 Å². The van der Waals surface area contributed by atoms with Crippen molar-refractivity contribution in [2.24, 2.45) is 0 Å². The summed E-state index contributed by atoms with van der Waals surface area (Å²) < 4.78 is 0. The Morgan fingerprint density at radius 1 is 0.593 bits per heavy atom. The van der Waals surface area contributed by atoms with Crippen LogP contribution in [0.15, 0.2) is 97.1 Å². The highest BCUT2D eigenvalue weighted by molar-refractivity contribution is 6.31. The molecule has 0 bridgehead atoms. The Morgan fingerprint density at radius 3 is 2.26 bits per heavy atom. The molecule has 5 aromatic rings. The molecule has 0 atom stereocenters. The standard InChI is InChI=1S/C25H16ClN/c26-19-13-14-24-23(15-19)22(18-7-2-1-3-8-18)16-25(27-24)21-12-6-10-17-9-4-5-11-20(17)21/h1-16H. The molecular weight excluding hydrogens is 350 g/mol. The Kier molecular flexibility index (Phi) is 3.88. The summed E-state index contributed by atoms with van der Waals surface area (Å²) in [6, 6.07) is 33.3. The lowest BCUT2D eigenvalue weighted by Crippen LogP contribution is -1.91. The fourth-order valence-electron chi connectivity index (χ4n) is 3.64. The molecule has 27 heavy (non-hydrogen) atoms. The minimum Gasteiger partial charge on any atom is -0.248 e. The van der Waals surface area contributed by atoms with E-state index in [1.165, 1.54) is 10.8 Å². The van der Waals surface area contributed by atoms with Crippen LogP contribution in [0.5, 0.6) is 0 Å². The van der Waals surface area contributed by atoms with Crippen molar-refractivity contribution in [3.63, 3.8) is 0 Å². The van der Waals surface area contributed by atoms with Crippen molar-refractivity contribution in [2.45, 2.75) is 0 Å². The maximum atomic E-state index is 6.29. The van der Waals surface area contributed by atoms with Crippen molar-refractivity contribution in [2.75, 3.05) is 0 Å². The van der Waals surface area contributed by atoms with E-state index in [2.05, 4.69) is 72.8 Å². The van der Waals surface area contributed by atoms with Gasteiger partial charge in [0.1, 0.15) is 0 Å². The van der Waals surface area contributed by atoms with Crippen LogP contribution in [0.25, 0.3) is 44.1 Å². The SMILES string of the molecule is Clc1ccc2nc(-c3cccc4ccccc34)cc(-c3ccccc3)c2c1. The molecule has 2 heteroatoms. The third-order valence-corrected chi connectivity index (χ3v) is 5.16. The zero-order chi connectivity index (χ0) is 18.2. The lowest BCUT2D eigenvalue weighted by atomic mass is 9.96. The zero-order valence-corrected chi connectivity index (χ0v) is 15.3. The fraction of sp³-hybridized carbons (Fsp3) is 0. The van der Waals surface area contributed by atoms with Gasteiger partial charge in [-0.15, -0.1) is 0 Å². The number of pyridine rings is 1. The molecule has 0 aliphatic rings. The van der Waals surface area contributed by atoms with Crippen LogP contribution in [0, 0.1) is 0 Å². The Hall–Kier alpha value is -3.16. The van der Waals surface area contributed by atoms with Crippen LogP contribution in [-0.4, -0.2) is 4.98 Å². The number of halogens is 1. The Labute approximate surface area is 162 Å². The first-order valence-electron chi connectivity index (χ1n) is 8.93. The van der Waals surface area contributed by atoms with Crippen molar-refractivity contribution in [1.82, 2.24) is 4.98 Å². The van der Waals surface area contributed by atoms with Gasteiger partial charge in [0, 0.05) is 16.0 Å². The molecule has 4 aromatic carbocycles. The molecule has 0 N–H and O–H groups in total. The number of hydrogen-bond donors (Lipinski definition) is 0. The van der Waals surface area contributed by atoms with Crippen molar-refractivity contribution in [3.8, 4) is 22.4 Å². The molecular formula is C25H16ClN. The molecule has 0 unspecified atom stereocenters. The Balaban J connectivity index is 1.85. The van der Waals surface area contributed by atoms with Crippen LogP contribution in [0.2, 0.25) is 5.02 Å². The van der Waals surface area contributed by atoms with E-state index in [1.807, 2.05) is 24.3 Å². The van der Waals surface area contributed by atoms with Gasteiger partial charge in [-0.1, -0.05) is 84.4 Å². The highest BCUT2D eigenvalue weighted by Crippen LogP contribution is 2.35. The minimum atomic E-state index is 0.722. The Morgan fingerprint density at radius 2 is 1.37 bits per heavy atom. The lowest BCUT2D eigenvalue weighted by Gasteiger charge is -2.12. The highest BCUT2D eigenvalue weighted by atomic mass is 35.5. The van der Waals surface area contributed by atoms with Crippen LogP contribution in [0.4, 0.5) is 0 Å². The van der Waals surface area contributed by atoms with E-state index in [0.717, 1.165) is 38.3 Å². The predicted octanol–water partition coefficient (Wildman–Crippen LogP) is 7.38. The number of rotatable bonds is 2. The summed E-state index contributed by atoms with van der Waals surface area (Å²) >= 11 is 6.29. The number of fused-ring (bicyclic) bond motifs is 2. The normalized spacial score (nSPS) is 11.1. The smallest absolute Gasteiger partial charge is 0.0722 e.